The molecule has 0 radical (unpaired) electrons. The fraction of sp³-hybridized carbons (Fsp3) is 0.923. The van der Waals surface area contributed by atoms with Crippen LogP contribution in [-0.4, -0.2) is 33.5 Å². The topological polar surface area (TPSA) is 77.8 Å². The highest BCUT2D eigenvalue weighted by Gasteiger charge is 2.48. The fourth-order valence-electron chi connectivity index (χ4n) is 3.54. The zero-order valence-electron chi connectivity index (χ0n) is 10.1. The van der Waals surface area contributed by atoms with Crippen LogP contribution in [0.15, 0.2) is 0 Å². The van der Waals surface area contributed by atoms with Gasteiger partial charge in [-0.05, 0) is 57.3 Å². The molecule has 0 spiro atoms. The van der Waals surface area contributed by atoms with E-state index in [1.54, 1.807) is 0 Å². The summed E-state index contributed by atoms with van der Waals surface area (Å²) in [5, 5.41) is 28.6. The summed E-state index contributed by atoms with van der Waals surface area (Å²) in [6.07, 6.45) is 4.88. The summed E-state index contributed by atoms with van der Waals surface area (Å²) in [5.41, 5.74) is -0.640. The SMILES string of the molecule is O=C(O)C1(C2CCC(O)CC2)CCC(O)CC1. The van der Waals surface area contributed by atoms with E-state index in [1.807, 2.05) is 0 Å². The van der Waals surface area contributed by atoms with E-state index in [0.29, 0.717) is 25.7 Å². The minimum atomic E-state index is -0.703. The van der Waals surface area contributed by atoms with Crippen molar-refractivity contribution in [1.82, 2.24) is 0 Å². The van der Waals surface area contributed by atoms with E-state index in [1.165, 1.54) is 0 Å². The lowest BCUT2D eigenvalue weighted by Crippen LogP contribution is -2.44. The Morgan fingerprint density at radius 1 is 0.882 bits per heavy atom. The van der Waals surface area contributed by atoms with Crippen LogP contribution in [0, 0.1) is 11.3 Å². The highest BCUT2D eigenvalue weighted by Crippen LogP contribution is 2.48. The minimum Gasteiger partial charge on any atom is -0.481 e. The Bertz CT molecular complexity index is 273. The maximum absolute atomic E-state index is 11.6. The van der Waals surface area contributed by atoms with Gasteiger partial charge in [0.25, 0.3) is 0 Å². The number of carboxylic acid groups (broad SMARTS) is 1. The number of aliphatic hydroxyl groups is 2. The third-order valence-corrected chi connectivity index (χ3v) is 4.75. The van der Waals surface area contributed by atoms with Crippen LogP contribution in [0.25, 0.3) is 0 Å². The average Bonchev–Trinajstić information content (AvgIpc) is 2.31. The Hall–Kier alpha value is -0.610. The van der Waals surface area contributed by atoms with Gasteiger partial charge in [-0.15, -0.1) is 0 Å². The van der Waals surface area contributed by atoms with Crippen molar-refractivity contribution in [3.05, 3.63) is 0 Å². The predicted octanol–water partition coefficient (Wildman–Crippen LogP) is 1.54. The zero-order chi connectivity index (χ0) is 12.5. The third kappa shape index (κ3) is 2.47. The summed E-state index contributed by atoms with van der Waals surface area (Å²) >= 11 is 0. The molecule has 2 rings (SSSR count). The molecule has 3 N–H and O–H groups in total. The highest BCUT2D eigenvalue weighted by atomic mass is 16.4. The molecule has 0 bridgehead atoms. The van der Waals surface area contributed by atoms with Gasteiger partial charge in [-0.25, -0.2) is 0 Å². The molecule has 2 aliphatic rings. The van der Waals surface area contributed by atoms with Gasteiger partial charge in [-0.3, -0.25) is 4.79 Å². The van der Waals surface area contributed by atoms with Crippen LogP contribution >= 0.6 is 0 Å². The quantitative estimate of drug-likeness (QED) is 0.686. The molecule has 0 heterocycles. The van der Waals surface area contributed by atoms with Crippen LogP contribution in [0.3, 0.4) is 0 Å². The largest absolute Gasteiger partial charge is 0.481 e. The molecular formula is C13H22O4. The summed E-state index contributed by atoms with van der Waals surface area (Å²) in [7, 11) is 0. The molecule has 17 heavy (non-hydrogen) atoms. The summed E-state index contributed by atoms with van der Waals surface area (Å²) in [6.45, 7) is 0. The van der Waals surface area contributed by atoms with Crippen LogP contribution in [0.5, 0.6) is 0 Å². The maximum Gasteiger partial charge on any atom is 0.309 e. The van der Waals surface area contributed by atoms with Crippen LogP contribution < -0.4 is 0 Å². The van der Waals surface area contributed by atoms with E-state index >= 15 is 0 Å². The zero-order valence-corrected chi connectivity index (χ0v) is 10.1. The summed E-state index contributed by atoms with van der Waals surface area (Å²) in [4.78, 5) is 11.6. The molecule has 0 amide bonds. The molecular weight excluding hydrogens is 220 g/mol. The van der Waals surface area contributed by atoms with Gasteiger partial charge < -0.3 is 15.3 Å². The van der Waals surface area contributed by atoms with Gasteiger partial charge >= 0.3 is 5.97 Å². The molecule has 4 heteroatoms. The summed E-state index contributed by atoms with van der Waals surface area (Å²) in [5.74, 6) is -0.526. The van der Waals surface area contributed by atoms with Crippen molar-refractivity contribution >= 4 is 5.97 Å². The molecule has 98 valence electrons. The maximum atomic E-state index is 11.6. The van der Waals surface area contributed by atoms with Crippen molar-refractivity contribution < 1.29 is 20.1 Å². The summed E-state index contributed by atoms with van der Waals surface area (Å²) in [6, 6.07) is 0. The van der Waals surface area contributed by atoms with E-state index in [9.17, 15) is 20.1 Å². The van der Waals surface area contributed by atoms with E-state index < -0.39 is 11.4 Å². The molecule has 0 aliphatic heterocycles. The van der Waals surface area contributed by atoms with Crippen molar-refractivity contribution in [3.8, 4) is 0 Å². The molecule has 2 saturated carbocycles. The number of carbonyl (C=O) groups is 1. The number of aliphatic hydroxyl groups excluding tert-OH is 2. The van der Waals surface area contributed by atoms with E-state index in [0.717, 1.165) is 25.7 Å². The van der Waals surface area contributed by atoms with Crippen molar-refractivity contribution in [3.63, 3.8) is 0 Å². The number of hydrogen-bond acceptors (Lipinski definition) is 3. The monoisotopic (exact) mass is 242 g/mol. The van der Waals surface area contributed by atoms with Gasteiger partial charge in [-0.2, -0.15) is 0 Å². The second kappa shape index (κ2) is 4.94. The van der Waals surface area contributed by atoms with Crippen LogP contribution in [0.2, 0.25) is 0 Å². The van der Waals surface area contributed by atoms with Gasteiger partial charge in [-0.1, -0.05) is 0 Å². The lowest BCUT2D eigenvalue weighted by atomic mass is 9.61. The summed E-state index contributed by atoms with van der Waals surface area (Å²) < 4.78 is 0. The first-order valence-electron chi connectivity index (χ1n) is 6.64. The van der Waals surface area contributed by atoms with Crippen molar-refractivity contribution in [1.29, 1.82) is 0 Å². The lowest BCUT2D eigenvalue weighted by Gasteiger charge is -2.43. The smallest absolute Gasteiger partial charge is 0.309 e. The molecule has 4 nitrogen and oxygen atoms in total. The van der Waals surface area contributed by atoms with Crippen molar-refractivity contribution in [2.24, 2.45) is 11.3 Å². The molecule has 2 aliphatic carbocycles. The van der Waals surface area contributed by atoms with Gasteiger partial charge in [0, 0.05) is 0 Å². The Balaban J connectivity index is 2.09. The molecule has 0 aromatic heterocycles. The second-order valence-electron chi connectivity index (χ2n) is 5.70. The normalized spacial score (nSPS) is 43.3. The molecule has 0 aromatic carbocycles. The number of carboxylic acids is 1. The van der Waals surface area contributed by atoms with E-state index in [2.05, 4.69) is 0 Å². The molecule has 0 saturated heterocycles. The lowest BCUT2D eigenvalue weighted by molar-refractivity contribution is -0.159. The van der Waals surface area contributed by atoms with Crippen molar-refractivity contribution in [2.75, 3.05) is 0 Å². The molecule has 0 atom stereocenters. The Labute approximate surface area is 102 Å². The minimum absolute atomic E-state index is 0.177. The average molecular weight is 242 g/mol. The highest BCUT2D eigenvalue weighted by molar-refractivity contribution is 5.75. The molecule has 0 aromatic rings. The van der Waals surface area contributed by atoms with Crippen LogP contribution in [0.4, 0.5) is 0 Å². The first kappa shape index (κ1) is 12.8. The van der Waals surface area contributed by atoms with Crippen molar-refractivity contribution in [2.45, 2.75) is 63.6 Å². The molecule has 2 fully saturated rings. The Morgan fingerprint density at radius 3 is 1.82 bits per heavy atom. The standard InChI is InChI=1S/C13H22O4/c14-10-3-1-9(2-4-10)13(12(16)17)7-5-11(15)6-8-13/h9-11,14-15H,1-8H2,(H,16,17). The number of aliphatic carboxylic acids is 1. The van der Waals surface area contributed by atoms with Crippen LogP contribution in [0.1, 0.15) is 51.4 Å². The number of rotatable bonds is 2. The van der Waals surface area contributed by atoms with Gasteiger partial charge in [0.05, 0.1) is 17.6 Å². The first-order chi connectivity index (χ1) is 8.04. The number of hydrogen-bond donors (Lipinski definition) is 3. The van der Waals surface area contributed by atoms with E-state index in [-0.39, 0.29) is 18.1 Å². The van der Waals surface area contributed by atoms with Gasteiger partial charge in [0.15, 0.2) is 0 Å². The second-order valence-corrected chi connectivity index (χ2v) is 5.70. The fourth-order valence-corrected chi connectivity index (χ4v) is 3.54. The third-order valence-electron chi connectivity index (χ3n) is 4.75. The Morgan fingerprint density at radius 2 is 1.35 bits per heavy atom. The van der Waals surface area contributed by atoms with Crippen LogP contribution in [-0.2, 0) is 4.79 Å². The van der Waals surface area contributed by atoms with E-state index in [4.69, 9.17) is 0 Å². The predicted molar refractivity (Wildman–Crippen MR) is 62.5 cm³/mol. The van der Waals surface area contributed by atoms with Gasteiger partial charge in [0.1, 0.15) is 0 Å². The molecule has 0 unspecified atom stereocenters. The van der Waals surface area contributed by atoms with Gasteiger partial charge in [0.2, 0.25) is 0 Å². The Kier molecular flexibility index (Phi) is 3.73. The first-order valence-corrected chi connectivity index (χ1v) is 6.64.